The van der Waals surface area contributed by atoms with Crippen molar-refractivity contribution in [1.82, 2.24) is 4.90 Å². The van der Waals surface area contributed by atoms with Crippen LogP contribution in [0.15, 0.2) is 0 Å². The van der Waals surface area contributed by atoms with Crippen molar-refractivity contribution in [3.05, 3.63) is 0 Å². The molecule has 18 heavy (non-hydrogen) atoms. The normalized spacial score (nSPS) is 36.5. The molecule has 1 heterocycles. The fourth-order valence-corrected chi connectivity index (χ4v) is 4.76. The van der Waals surface area contributed by atoms with Crippen LogP contribution in [-0.2, 0) is 0 Å². The van der Waals surface area contributed by atoms with Gasteiger partial charge in [-0.15, -0.1) is 0 Å². The largest absolute Gasteiger partial charge is 0.326 e. The van der Waals surface area contributed by atoms with Gasteiger partial charge in [-0.1, -0.05) is 25.7 Å². The van der Waals surface area contributed by atoms with Crippen molar-refractivity contribution in [1.29, 1.82) is 0 Å². The van der Waals surface area contributed by atoms with Crippen LogP contribution in [-0.4, -0.2) is 30.1 Å². The van der Waals surface area contributed by atoms with E-state index in [1.54, 1.807) is 0 Å². The molecule has 0 bridgehead atoms. The van der Waals surface area contributed by atoms with Crippen LogP contribution >= 0.6 is 0 Å². The van der Waals surface area contributed by atoms with Crippen molar-refractivity contribution < 1.29 is 0 Å². The average Bonchev–Trinajstić information content (AvgIpc) is 2.93. The lowest BCUT2D eigenvalue weighted by atomic mass is 9.78. The smallest absolute Gasteiger partial charge is 0.0196 e. The van der Waals surface area contributed by atoms with Crippen LogP contribution in [0.1, 0.15) is 64.2 Å². The highest BCUT2D eigenvalue weighted by molar-refractivity contribution is 4.90. The summed E-state index contributed by atoms with van der Waals surface area (Å²) in [5.41, 5.74) is 6.49. The molecule has 2 aliphatic carbocycles. The van der Waals surface area contributed by atoms with Crippen LogP contribution in [0.25, 0.3) is 0 Å². The Morgan fingerprint density at radius 3 is 2.39 bits per heavy atom. The third kappa shape index (κ3) is 2.75. The third-order valence-corrected chi connectivity index (χ3v) is 5.81. The number of rotatable bonds is 3. The zero-order valence-corrected chi connectivity index (χ0v) is 11.8. The van der Waals surface area contributed by atoms with Crippen LogP contribution in [0.2, 0.25) is 0 Å². The van der Waals surface area contributed by atoms with Crippen LogP contribution in [0.5, 0.6) is 0 Å². The molecule has 1 aliphatic heterocycles. The summed E-state index contributed by atoms with van der Waals surface area (Å²) < 4.78 is 0. The second kappa shape index (κ2) is 5.92. The number of likely N-dealkylation sites (tertiary alicyclic amines) is 1. The van der Waals surface area contributed by atoms with Gasteiger partial charge < -0.3 is 5.73 Å². The van der Waals surface area contributed by atoms with E-state index >= 15 is 0 Å². The average molecular weight is 250 g/mol. The zero-order chi connectivity index (χ0) is 12.4. The first kappa shape index (κ1) is 12.9. The molecule has 3 atom stereocenters. The van der Waals surface area contributed by atoms with Gasteiger partial charge in [0, 0.05) is 18.6 Å². The molecule has 0 spiro atoms. The van der Waals surface area contributed by atoms with E-state index < -0.39 is 0 Å². The molecule has 0 aromatic carbocycles. The van der Waals surface area contributed by atoms with E-state index in [4.69, 9.17) is 5.73 Å². The Bertz CT molecular complexity index is 258. The summed E-state index contributed by atoms with van der Waals surface area (Å²) in [6.07, 6.45) is 14.4. The maximum Gasteiger partial charge on any atom is 0.0196 e. The lowest BCUT2D eigenvalue weighted by Gasteiger charge is -2.45. The van der Waals surface area contributed by atoms with Crippen molar-refractivity contribution in [2.45, 2.75) is 76.3 Å². The predicted octanol–water partition coefficient (Wildman–Crippen LogP) is 3.16. The van der Waals surface area contributed by atoms with Crippen LogP contribution in [0, 0.1) is 11.8 Å². The number of hydrogen-bond acceptors (Lipinski definition) is 2. The molecule has 1 unspecified atom stereocenters. The molecule has 0 aromatic heterocycles. The topological polar surface area (TPSA) is 29.3 Å². The summed E-state index contributed by atoms with van der Waals surface area (Å²) in [5.74, 6) is 1.83. The molecule has 2 heteroatoms. The molecular weight excluding hydrogens is 220 g/mol. The molecule has 1 saturated heterocycles. The minimum absolute atomic E-state index is 0.452. The molecular formula is C16H30N2. The molecule has 2 N–H and O–H groups in total. The van der Waals surface area contributed by atoms with Gasteiger partial charge in [-0.3, -0.25) is 4.90 Å². The summed E-state index contributed by atoms with van der Waals surface area (Å²) in [5, 5.41) is 0. The van der Waals surface area contributed by atoms with E-state index in [1.165, 1.54) is 77.3 Å². The fourth-order valence-electron chi connectivity index (χ4n) is 4.76. The van der Waals surface area contributed by atoms with Gasteiger partial charge in [-0.25, -0.2) is 0 Å². The molecule has 3 aliphatic rings. The molecule has 3 fully saturated rings. The van der Waals surface area contributed by atoms with Gasteiger partial charge in [-0.2, -0.15) is 0 Å². The Hall–Kier alpha value is -0.0800. The second-order valence-corrected chi connectivity index (χ2v) is 6.96. The van der Waals surface area contributed by atoms with Crippen LogP contribution in [0.3, 0.4) is 0 Å². The highest BCUT2D eigenvalue weighted by Crippen LogP contribution is 2.36. The summed E-state index contributed by atoms with van der Waals surface area (Å²) >= 11 is 0. The third-order valence-electron chi connectivity index (χ3n) is 5.81. The first-order valence-corrected chi connectivity index (χ1v) is 8.34. The Morgan fingerprint density at radius 1 is 0.889 bits per heavy atom. The Kier molecular flexibility index (Phi) is 4.25. The van der Waals surface area contributed by atoms with Gasteiger partial charge in [0.05, 0.1) is 0 Å². The van der Waals surface area contributed by atoms with E-state index in [9.17, 15) is 0 Å². The predicted molar refractivity (Wildman–Crippen MR) is 76.5 cm³/mol. The molecule has 0 amide bonds. The summed E-state index contributed by atoms with van der Waals surface area (Å²) in [6, 6.07) is 1.34. The quantitative estimate of drug-likeness (QED) is 0.833. The monoisotopic (exact) mass is 250 g/mol. The lowest BCUT2D eigenvalue weighted by molar-refractivity contribution is 0.0512. The van der Waals surface area contributed by atoms with Crippen LogP contribution in [0.4, 0.5) is 0 Å². The Labute approximate surface area is 112 Å². The van der Waals surface area contributed by atoms with Crippen molar-refractivity contribution in [2.75, 3.05) is 13.1 Å². The number of nitrogens with two attached hydrogens (primary N) is 1. The highest BCUT2D eigenvalue weighted by atomic mass is 15.2. The molecule has 104 valence electrons. The van der Waals surface area contributed by atoms with Gasteiger partial charge >= 0.3 is 0 Å². The number of hydrogen-bond donors (Lipinski definition) is 1. The summed E-state index contributed by atoms with van der Waals surface area (Å²) in [6.45, 7) is 2.51. The van der Waals surface area contributed by atoms with Crippen molar-refractivity contribution in [2.24, 2.45) is 17.6 Å². The molecule has 0 aromatic rings. The van der Waals surface area contributed by atoms with Gasteiger partial charge in [0.1, 0.15) is 0 Å². The minimum atomic E-state index is 0.452. The maximum atomic E-state index is 6.49. The van der Waals surface area contributed by atoms with E-state index in [0.717, 1.165) is 17.9 Å². The highest BCUT2D eigenvalue weighted by Gasteiger charge is 2.34. The SMILES string of the molecule is NC(CN1CCC[C@H]2CCCC[C@H]21)C1CCCC1. The van der Waals surface area contributed by atoms with Gasteiger partial charge in [0.2, 0.25) is 0 Å². The Balaban J connectivity index is 1.56. The molecule has 0 radical (unpaired) electrons. The van der Waals surface area contributed by atoms with E-state index in [1.807, 2.05) is 0 Å². The van der Waals surface area contributed by atoms with Gasteiger partial charge in [0.15, 0.2) is 0 Å². The number of fused-ring (bicyclic) bond motifs is 1. The van der Waals surface area contributed by atoms with Crippen molar-refractivity contribution in [3.63, 3.8) is 0 Å². The van der Waals surface area contributed by atoms with E-state index in [2.05, 4.69) is 4.90 Å². The van der Waals surface area contributed by atoms with Gasteiger partial charge in [-0.05, 0) is 56.9 Å². The van der Waals surface area contributed by atoms with E-state index in [0.29, 0.717) is 6.04 Å². The Morgan fingerprint density at radius 2 is 1.56 bits per heavy atom. The first-order valence-electron chi connectivity index (χ1n) is 8.34. The standard InChI is InChI=1S/C16H30N2/c17-15(13-6-1-2-7-13)12-18-11-5-9-14-8-3-4-10-16(14)18/h13-16H,1-12,17H2/t14-,15?,16-/m1/s1. The van der Waals surface area contributed by atoms with Crippen molar-refractivity contribution >= 4 is 0 Å². The summed E-state index contributed by atoms with van der Waals surface area (Å²) in [7, 11) is 0. The van der Waals surface area contributed by atoms with Crippen molar-refractivity contribution in [3.8, 4) is 0 Å². The minimum Gasteiger partial charge on any atom is -0.326 e. The maximum absolute atomic E-state index is 6.49. The summed E-state index contributed by atoms with van der Waals surface area (Å²) in [4.78, 5) is 2.77. The zero-order valence-electron chi connectivity index (χ0n) is 11.8. The lowest BCUT2D eigenvalue weighted by Crippen LogP contribution is -2.52. The second-order valence-electron chi connectivity index (χ2n) is 6.96. The number of nitrogens with zero attached hydrogens (tertiary/aromatic N) is 1. The number of piperidine rings is 1. The molecule has 2 saturated carbocycles. The molecule has 3 rings (SSSR count). The van der Waals surface area contributed by atoms with Crippen LogP contribution < -0.4 is 5.73 Å². The van der Waals surface area contributed by atoms with E-state index in [-0.39, 0.29) is 0 Å². The molecule has 2 nitrogen and oxygen atoms in total. The van der Waals surface area contributed by atoms with Gasteiger partial charge in [0.25, 0.3) is 0 Å². The first-order chi connectivity index (χ1) is 8.84. The fraction of sp³-hybridized carbons (Fsp3) is 1.00.